The number of nitrogens with zero attached hydrogens (tertiary/aromatic N) is 2. The number of benzene rings is 7. The SMILES string of the molecule is c1ccc(-n2c3ccccc3c3cc4c5ccccc5n(-c5cccc(-c6ccc7oc8ccccc8c7c6)c5)c4cc32)cc1. The van der Waals surface area contributed by atoms with Crippen LogP contribution in [0, 0.1) is 0 Å². The van der Waals surface area contributed by atoms with E-state index in [-0.39, 0.29) is 0 Å². The molecule has 3 heterocycles. The maximum atomic E-state index is 6.11. The number of hydrogen-bond donors (Lipinski definition) is 0. The van der Waals surface area contributed by atoms with Crippen LogP contribution in [0.4, 0.5) is 0 Å². The van der Waals surface area contributed by atoms with E-state index in [0.717, 1.165) is 33.3 Å². The van der Waals surface area contributed by atoms with Gasteiger partial charge in [0.05, 0.1) is 22.1 Å². The van der Waals surface area contributed by atoms with Crippen LogP contribution < -0.4 is 0 Å². The number of para-hydroxylation sites is 4. The van der Waals surface area contributed by atoms with E-state index in [2.05, 4.69) is 155 Å². The van der Waals surface area contributed by atoms with Gasteiger partial charge in [-0.15, -0.1) is 0 Å². The van der Waals surface area contributed by atoms with Crippen LogP contribution in [-0.2, 0) is 0 Å². The molecule has 0 saturated heterocycles. The topological polar surface area (TPSA) is 23.0 Å². The van der Waals surface area contributed by atoms with Gasteiger partial charge in [-0.2, -0.15) is 0 Å². The third-order valence-electron chi connectivity index (χ3n) is 9.29. The first-order chi connectivity index (χ1) is 22.3. The van der Waals surface area contributed by atoms with Crippen LogP contribution in [0.15, 0.2) is 162 Å². The maximum Gasteiger partial charge on any atom is 0.135 e. The summed E-state index contributed by atoms with van der Waals surface area (Å²) >= 11 is 0. The molecule has 0 amide bonds. The van der Waals surface area contributed by atoms with Gasteiger partial charge in [-0.05, 0) is 77.9 Å². The van der Waals surface area contributed by atoms with Gasteiger partial charge in [-0.1, -0.05) is 91.0 Å². The van der Waals surface area contributed by atoms with Crippen molar-refractivity contribution in [1.82, 2.24) is 9.13 Å². The van der Waals surface area contributed by atoms with Crippen molar-refractivity contribution in [2.24, 2.45) is 0 Å². The van der Waals surface area contributed by atoms with Crippen LogP contribution in [0.1, 0.15) is 0 Å². The monoisotopic (exact) mass is 574 g/mol. The predicted octanol–water partition coefficient (Wildman–Crippen LogP) is 11.4. The zero-order chi connectivity index (χ0) is 29.5. The molecule has 210 valence electrons. The van der Waals surface area contributed by atoms with Crippen molar-refractivity contribution >= 4 is 65.6 Å². The number of hydrogen-bond acceptors (Lipinski definition) is 1. The van der Waals surface area contributed by atoms with Crippen molar-refractivity contribution < 1.29 is 4.42 Å². The Hall–Kier alpha value is -6.06. The van der Waals surface area contributed by atoms with Gasteiger partial charge < -0.3 is 13.6 Å². The lowest BCUT2D eigenvalue weighted by molar-refractivity contribution is 0.669. The molecule has 0 aliphatic rings. The molecule has 0 unspecified atom stereocenters. The van der Waals surface area contributed by atoms with E-state index in [1.54, 1.807) is 0 Å². The number of furan rings is 1. The van der Waals surface area contributed by atoms with Gasteiger partial charge in [0, 0.05) is 43.7 Å². The number of rotatable bonds is 3. The summed E-state index contributed by atoms with van der Waals surface area (Å²) < 4.78 is 10.9. The molecule has 7 aromatic carbocycles. The summed E-state index contributed by atoms with van der Waals surface area (Å²) in [7, 11) is 0. The molecule has 0 N–H and O–H groups in total. The Morgan fingerprint density at radius 1 is 0.311 bits per heavy atom. The lowest BCUT2D eigenvalue weighted by Gasteiger charge is -2.11. The van der Waals surface area contributed by atoms with Crippen molar-refractivity contribution in [3.63, 3.8) is 0 Å². The van der Waals surface area contributed by atoms with Crippen molar-refractivity contribution in [1.29, 1.82) is 0 Å². The van der Waals surface area contributed by atoms with Crippen LogP contribution in [0.5, 0.6) is 0 Å². The molecule has 0 spiro atoms. The lowest BCUT2D eigenvalue weighted by Crippen LogP contribution is -1.96. The second kappa shape index (κ2) is 9.22. The van der Waals surface area contributed by atoms with Crippen LogP contribution in [0.2, 0.25) is 0 Å². The second-order valence-electron chi connectivity index (χ2n) is 11.8. The van der Waals surface area contributed by atoms with Crippen LogP contribution >= 0.6 is 0 Å². The second-order valence-corrected chi connectivity index (χ2v) is 11.8. The molecule has 3 heteroatoms. The highest BCUT2D eigenvalue weighted by molar-refractivity contribution is 6.19. The molecule has 10 rings (SSSR count). The predicted molar refractivity (Wildman–Crippen MR) is 188 cm³/mol. The van der Waals surface area contributed by atoms with E-state index in [1.807, 2.05) is 12.1 Å². The van der Waals surface area contributed by atoms with Crippen molar-refractivity contribution in [2.75, 3.05) is 0 Å². The molecule has 0 bridgehead atoms. The fraction of sp³-hybridized carbons (Fsp3) is 0. The molecule has 10 aromatic rings. The smallest absolute Gasteiger partial charge is 0.135 e. The van der Waals surface area contributed by atoms with E-state index >= 15 is 0 Å². The molecular weight excluding hydrogens is 548 g/mol. The van der Waals surface area contributed by atoms with Crippen LogP contribution in [0.3, 0.4) is 0 Å². The minimum atomic E-state index is 0.913. The third-order valence-corrected chi connectivity index (χ3v) is 9.29. The van der Waals surface area contributed by atoms with Gasteiger partial charge in [0.1, 0.15) is 11.2 Å². The first kappa shape index (κ1) is 24.4. The Kier molecular flexibility index (Phi) is 5.00. The molecule has 3 aromatic heterocycles. The molecule has 0 aliphatic carbocycles. The summed E-state index contributed by atoms with van der Waals surface area (Å²) in [5, 5.41) is 7.32. The summed E-state index contributed by atoms with van der Waals surface area (Å²) in [5.74, 6) is 0. The average Bonchev–Trinajstić information content (AvgIpc) is 3.75. The maximum absolute atomic E-state index is 6.11. The van der Waals surface area contributed by atoms with Crippen molar-refractivity contribution in [3.8, 4) is 22.5 Å². The summed E-state index contributed by atoms with van der Waals surface area (Å²) in [6.45, 7) is 0. The normalized spacial score (nSPS) is 12.0. The Balaban J connectivity index is 1.25. The highest BCUT2D eigenvalue weighted by Crippen LogP contribution is 2.40. The standard InChI is InChI=1S/C42H26N2O/c1-2-12-29(13-3-1)43-37-18-7-4-15-31(37)34-25-35-32-16-5-8-19-38(32)44(40(35)26-39(34)43)30-14-10-11-27(23-30)28-21-22-42-36(24-28)33-17-6-9-20-41(33)45-42/h1-26H. The molecule has 0 saturated carbocycles. The largest absolute Gasteiger partial charge is 0.456 e. The average molecular weight is 575 g/mol. The van der Waals surface area contributed by atoms with Gasteiger partial charge in [-0.25, -0.2) is 0 Å². The quantitative estimate of drug-likeness (QED) is 0.206. The Labute approximate surface area is 258 Å². The van der Waals surface area contributed by atoms with Gasteiger partial charge in [0.2, 0.25) is 0 Å². The van der Waals surface area contributed by atoms with Crippen LogP contribution in [0.25, 0.3) is 88.1 Å². The fourth-order valence-corrected chi connectivity index (χ4v) is 7.29. The zero-order valence-corrected chi connectivity index (χ0v) is 24.3. The molecule has 0 atom stereocenters. The molecule has 45 heavy (non-hydrogen) atoms. The fourth-order valence-electron chi connectivity index (χ4n) is 7.29. The Morgan fingerprint density at radius 3 is 1.64 bits per heavy atom. The van der Waals surface area contributed by atoms with Crippen molar-refractivity contribution in [2.45, 2.75) is 0 Å². The van der Waals surface area contributed by atoms with Crippen LogP contribution in [-0.4, -0.2) is 9.13 Å². The Bertz CT molecular complexity index is 2760. The minimum absolute atomic E-state index is 0.913. The highest BCUT2D eigenvalue weighted by Gasteiger charge is 2.18. The first-order valence-corrected chi connectivity index (χ1v) is 15.4. The van der Waals surface area contributed by atoms with Gasteiger partial charge in [0.25, 0.3) is 0 Å². The van der Waals surface area contributed by atoms with E-state index in [9.17, 15) is 0 Å². The Morgan fingerprint density at radius 2 is 0.889 bits per heavy atom. The van der Waals surface area contributed by atoms with E-state index in [0.29, 0.717) is 0 Å². The molecule has 3 nitrogen and oxygen atoms in total. The molecular formula is C42H26N2O. The number of aromatic nitrogens is 2. The summed E-state index contributed by atoms with van der Waals surface area (Å²) in [4.78, 5) is 0. The summed E-state index contributed by atoms with van der Waals surface area (Å²) in [6, 6.07) is 56.6. The van der Waals surface area contributed by atoms with E-state index in [4.69, 9.17) is 4.42 Å². The highest BCUT2D eigenvalue weighted by atomic mass is 16.3. The van der Waals surface area contributed by atoms with Gasteiger partial charge >= 0.3 is 0 Å². The summed E-state index contributed by atoms with van der Waals surface area (Å²) in [6.07, 6.45) is 0. The van der Waals surface area contributed by atoms with E-state index in [1.165, 1.54) is 54.7 Å². The summed E-state index contributed by atoms with van der Waals surface area (Å²) in [5.41, 5.74) is 11.3. The zero-order valence-electron chi connectivity index (χ0n) is 24.3. The molecule has 0 fully saturated rings. The number of fused-ring (bicyclic) bond motifs is 9. The lowest BCUT2D eigenvalue weighted by atomic mass is 10.0. The molecule has 0 radical (unpaired) electrons. The van der Waals surface area contributed by atoms with Crippen molar-refractivity contribution in [3.05, 3.63) is 158 Å². The minimum Gasteiger partial charge on any atom is -0.456 e. The first-order valence-electron chi connectivity index (χ1n) is 15.4. The third kappa shape index (κ3) is 3.52. The van der Waals surface area contributed by atoms with Gasteiger partial charge in [0.15, 0.2) is 0 Å². The van der Waals surface area contributed by atoms with Gasteiger partial charge in [-0.3, -0.25) is 0 Å². The molecule has 0 aliphatic heterocycles. The van der Waals surface area contributed by atoms with E-state index < -0.39 is 0 Å².